The number of nitrogens with one attached hydrogen (secondary N) is 1. The molecular formula is C9H16N2O3S. The first-order chi connectivity index (χ1) is 7.09. The van der Waals surface area contributed by atoms with Crippen LogP contribution in [0.1, 0.15) is 19.3 Å². The molecule has 2 aliphatic heterocycles. The molecule has 0 bridgehead atoms. The van der Waals surface area contributed by atoms with Gasteiger partial charge in [-0.1, -0.05) is 0 Å². The van der Waals surface area contributed by atoms with Crippen molar-refractivity contribution in [3.63, 3.8) is 0 Å². The molecule has 1 atom stereocenters. The smallest absolute Gasteiger partial charge is 0.237 e. The Morgan fingerprint density at radius 1 is 1.47 bits per heavy atom. The molecule has 1 unspecified atom stereocenters. The van der Waals surface area contributed by atoms with E-state index in [1.54, 1.807) is 0 Å². The van der Waals surface area contributed by atoms with Crippen molar-refractivity contribution in [1.29, 1.82) is 0 Å². The van der Waals surface area contributed by atoms with Crippen molar-refractivity contribution in [3.05, 3.63) is 0 Å². The summed E-state index contributed by atoms with van der Waals surface area (Å²) < 4.78 is 24.0. The summed E-state index contributed by atoms with van der Waals surface area (Å²) in [5, 5.41) is 3.23. The maximum Gasteiger partial charge on any atom is 0.237 e. The van der Waals surface area contributed by atoms with Crippen LogP contribution < -0.4 is 5.32 Å². The van der Waals surface area contributed by atoms with Crippen LogP contribution in [-0.4, -0.2) is 44.0 Å². The molecule has 0 aliphatic carbocycles. The summed E-state index contributed by atoms with van der Waals surface area (Å²) in [5.74, 6) is 0.281. The summed E-state index contributed by atoms with van der Waals surface area (Å²) in [6, 6.07) is 0. The fourth-order valence-corrected chi connectivity index (χ4v) is 3.57. The zero-order chi connectivity index (χ0) is 10.9. The molecule has 2 rings (SSSR count). The molecule has 86 valence electrons. The minimum absolute atomic E-state index is 0.00521. The average molecular weight is 232 g/mol. The highest BCUT2D eigenvalue weighted by Gasteiger charge is 2.34. The van der Waals surface area contributed by atoms with Crippen molar-refractivity contribution in [2.75, 3.05) is 25.4 Å². The van der Waals surface area contributed by atoms with E-state index < -0.39 is 10.0 Å². The van der Waals surface area contributed by atoms with Crippen LogP contribution in [0.4, 0.5) is 0 Å². The van der Waals surface area contributed by atoms with Crippen molar-refractivity contribution in [1.82, 2.24) is 9.62 Å². The van der Waals surface area contributed by atoms with Crippen LogP contribution in [0, 0.1) is 5.92 Å². The minimum Gasteiger partial charge on any atom is -0.316 e. The Bertz CT molecular complexity index is 346. The monoisotopic (exact) mass is 232 g/mol. The van der Waals surface area contributed by atoms with Crippen molar-refractivity contribution in [2.45, 2.75) is 19.3 Å². The molecule has 5 nitrogen and oxygen atoms in total. The lowest BCUT2D eigenvalue weighted by Gasteiger charge is -2.16. The molecule has 0 saturated carbocycles. The number of rotatable bonds is 3. The van der Waals surface area contributed by atoms with Gasteiger partial charge >= 0.3 is 0 Å². The fourth-order valence-electron chi connectivity index (χ4n) is 2.13. The van der Waals surface area contributed by atoms with Gasteiger partial charge in [-0.2, -0.15) is 0 Å². The Hall–Kier alpha value is -0.620. The van der Waals surface area contributed by atoms with Crippen LogP contribution in [0.15, 0.2) is 0 Å². The van der Waals surface area contributed by atoms with Gasteiger partial charge in [-0.15, -0.1) is 0 Å². The van der Waals surface area contributed by atoms with Gasteiger partial charge in [-0.05, 0) is 31.8 Å². The molecular weight excluding hydrogens is 216 g/mol. The van der Waals surface area contributed by atoms with E-state index >= 15 is 0 Å². The summed E-state index contributed by atoms with van der Waals surface area (Å²) in [7, 11) is -3.26. The zero-order valence-corrected chi connectivity index (χ0v) is 9.42. The second-order valence-corrected chi connectivity index (χ2v) is 6.19. The first-order valence-corrected chi connectivity index (χ1v) is 6.94. The summed E-state index contributed by atoms with van der Waals surface area (Å²) in [6.45, 7) is 2.32. The fraction of sp³-hybridized carbons (Fsp3) is 0.889. The molecule has 0 aromatic carbocycles. The lowest BCUT2D eigenvalue weighted by atomic mass is 10.1. The molecule has 2 fully saturated rings. The predicted octanol–water partition coefficient (Wildman–Crippen LogP) is -0.452. The van der Waals surface area contributed by atoms with E-state index in [-0.39, 0.29) is 18.1 Å². The number of carbonyl (C=O) groups excluding carboxylic acids is 1. The van der Waals surface area contributed by atoms with Gasteiger partial charge < -0.3 is 5.32 Å². The van der Waals surface area contributed by atoms with Gasteiger partial charge in [0.05, 0.1) is 5.75 Å². The Balaban J connectivity index is 1.90. The predicted molar refractivity (Wildman–Crippen MR) is 55.7 cm³/mol. The normalized spacial score (nSPS) is 30.0. The Labute approximate surface area is 89.9 Å². The van der Waals surface area contributed by atoms with E-state index in [4.69, 9.17) is 0 Å². The summed E-state index contributed by atoms with van der Waals surface area (Å²) >= 11 is 0. The van der Waals surface area contributed by atoms with Crippen molar-refractivity contribution in [3.8, 4) is 0 Å². The maximum atomic E-state index is 11.5. The molecule has 6 heteroatoms. The molecule has 2 heterocycles. The van der Waals surface area contributed by atoms with E-state index in [1.807, 2.05) is 0 Å². The minimum atomic E-state index is -3.26. The van der Waals surface area contributed by atoms with Crippen LogP contribution in [0.5, 0.6) is 0 Å². The van der Waals surface area contributed by atoms with E-state index in [1.165, 1.54) is 0 Å². The lowest BCUT2D eigenvalue weighted by Crippen LogP contribution is -2.31. The Morgan fingerprint density at radius 2 is 2.27 bits per heavy atom. The van der Waals surface area contributed by atoms with Crippen LogP contribution in [-0.2, 0) is 14.8 Å². The highest BCUT2D eigenvalue weighted by Crippen LogP contribution is 2.19. The van der Waals surface area contributed by atoms with Crippen LogP contribution in [0.3, 0.4) is 0 Å². The largest absolute Gasteiger partial charge is 0.316 e. The molecule has 2 aliphatic rings. The standard InChI is InChI=1S/C9H16N2O3S/c12-9-3-6-15(13,14)11(9)5-2-8-1-4-10-7-8/h8,10H,1-7H2. The number of sulfonamides is 1. The van der Waals surface area contributed by atoms with Gasteiger partial charge in [0.1, 0.15) is 0 Å². The number of hydrogen-bond acceptors (Lipinski definition) is 4. The maximum absolute atomic E-state index is 11.5. The molecule has 1 amide bonds. The second-order valence-electron chi connectivity index (χ2n) is 4.18. The quantitative estimate of drug-likeness (QED) is 0.715. The third kappa shape index (κ3) is 2.31. The molecule has 2 saturated heterocycles. The molecule has 0 radical (unpaired) electrons. The van der Waals surface area contributed by atoms with E-state index in [2.05, 4.69) is 5.32 Å². The summed E-state index contributed by atoms with van der Waals surface area (Å²) in [4.78, 5) is 11.3. The van der Waals surface area contributed by atoms with Gasteiger partial charge in [0.2, 0.25) is 15.9 Å². The first-order valence-electron chi connectivity index (χ1n) is 5.33. The number of carbonyl (C=O) groups is 1. The molecule has 1 N–H and O–H groups in total. The van der Waals surface area contributed by atoms with Crippen molar-refractivity contribution < 1.29 is 13.2 Å². The highest BCUT2D eigenvalue weighted by atomic mass is 32.2. The van der Waals surface area contributed by atoms with E-state index in [0.29, 0.717) is 12.5 Å². The van der Waals surface area contributed by atoms with Gasteiger partial charge in [0, 0.05) is 13.0 Å². The molecule has 0 spiro atoms. The van der Waals surface area contributed by atoms with E-state index in [0.717, 1.165) is 30.2 Å². The topological polar surface area (TPSA) is 66.5 Å². The van der Waals surface area contributed by atoms with E-state index in [9.17, 15) is 13.2 Å². The third-order valence-electron chi connectivity index (χ3n) is 3.09. The molecule has 15 heavy (non-hydrogen) atoms. The van der Waals surface area contributed by atoms with Gasteiger partial charge in [0.15, 0.2) is 0 Å². The second kappa shape index (κ2) is 4.09. The summed E-state index contributed by atoms with van der Waals surface area (Å²) in [5.41, 5.74) is 0. The third-order valence-corrected chi connectivity index (χ3v) is 4.87. The van der Waals surface area contributed by atoms with Crippen LogP contribution in [0.25, 0.3) is 0 Å². The summed E-state index contributed by atoms with van der Waals surface area (Å²) in [6.07, 6.45) is 2.03. The van der Waals surface area contributed by atoms with Crippen LogP contribution >= 0.6 is 0 Å². The van der Waals surface area contributed by atoms with Gasteiger partial charge in [0.25, 0.3) is 0 Å². The van der Waals surface area contributed by atoms with Gasteiger partial charge in [-0.3, -0.25) is 4.79 Å². The van der Waals surface area contributed by atoms with Crippen molar-refractivity contribution >= 4 is 15.9 Å². The van der Waals surface area contributed by atoms with Gasteiger partial charge in [-0.25, -0.2) is 12.7 Å². The zero-order valence-electron chi connectivity index (χ0n) is 8.61. The molecule has 0 aromatic heterocycles. The Morgan fingerprint density at radius 3 is 2.80 bits per heavy atom. The average Bonchev–Trinajstić information content (AvgIpc) is 2.74. The highest BCUT2D eigenvalue weighted by molar-refractivity contribution is 7.90. The van der Waals surface area contributed by atoms with Crippen molar-refractivity contribution in [2.24, 2.45) is 5.92 Å². The number of hydrogen-bond donors (Lipinski definition) is 1. The number of nitrogens with zero attached hydrogens (tertiary/aromatic N) is 1. The SMILES string of the molecule is O=C1CCS(=O)(=O)N1CCC1CCNC1. The number of amides is 1. The lowest BCUT2D eigenvalue weighted by molar-refractivity contribution is -0.125. The Kier molecular flexibility index (Phi) is 2.97. The molecule has 0 aromatic rings. The first kappa shape index (κ1) is 10.9. The van der Waals surface area contributed by atoms with Crippen LogP contribution in [0.2, 0.25) is 0 Å².